The van der Waals surface area contributed by atoms with Gasteiger partial charge in [-0.05, 0) is 50.4 Å². The molecule has 0 radical (unpaired) electrons. The highest BCUT2D eigenvalue weighted by molar-refractivity contribution is 6.29. The summed E-state index contributed by atoms with van der Waals surface area (Å²) in [5.41, 5.74) is 0. The third-order valence-corrected chi connectivity index (χ3v) is 4.51. The number of anilines is 1. The van der Waals surface area contributed by atoms with Gasteiger partial charge in [0.1, 0.15) is 16.8 Å². The van der Waals surface area contributed by atoms with E-state index in [1.807, 2.05) is 6.07 Å². The van der Waals surface area contributed by atoms with Crippen molar-refractivity contribution >= 4 is 17.4 Å². The van der Waals surface area contributed by atoms with E-state index in [1.165, 1.54) is 38.5 Å². The van der Waals surface area contributed by atoms with Crippen molar-refractivity contribution in [2.24, 2.45) is 11.8 Å². The zero-order valence-electron chi connectivity index (χ0n) is 11.2. The number of nitrogens with zero attached hydrogens (tertiary/aromatic N) is 3. The molecule has 0 aliphatic heterocycles. The van der Waals surface area contributed by atoms with Crippen molar-refractivity contribution in [1.82, 2.24) is 9.97 Å². The fourth-order valence-corrected chi connectivity index (χ4v) is 2.78. The highest BCUT2D eigenvalue weighted by Gasteiger charge is 2.32. The Morgan fingerprint density at radius 2 is 1.63 bits per heavy atom. The lowest BCUT2D eigenvalue weighted by atomic mass is 10.3. The third-order valence-electron chi connectivity index (χ3n) is 4.32. The number of rotatable bonds is 6. The first-order valence-corrected chi connectivity index (χ1v) is 7.95. The first-order chi connectivity index (χ1) is 9.28. The molecule has 0 saturated heterocycles. The van der Waals surface area contributed by atoms with Crippen molar-refractivity contribution in [3.8, 4) is 0 Å². The van der Waals surface area contributed by atoms with Crippen molar-refractivity contribution in [2.45, 2.75) is 44.4 Å². The fourth-order valence-electron chi connectivity index (χ4n) is 2.59. The Bertz CT molecular complexity index is 464. The second kappa shape index (κ2) is 4.62. The summed E-state index contributed by atoms with van der Waals surface area (Å²) < 4.78 is 0. The second-order valence-electron chi connectivity index (χ2n) is 6.47. The molecule has 0 unspecified atom stereocenters. The fraction of sp³-hybridized carbons (Fsp3) is 0.733. The van der Waals surface area contributed by atoms with Crippen LogP contribution in [0.2, 0.25) is 5.15 Å². The van der Waals surface area contributed by atoms with Gasteiger partial charge in [-0.3, -0.25) is 0 Å². The van der Waals surface area contributed by atoms with Crippen LogP contribution >= 0.6 is 11.6 Å². The molecule has 19 heavy (non-hydrogen) atoms. The molecule has 1 aromatic rings. The van der Waals surface area contributed by atoms with Crippen LogP contribution in [-0.2, 0) is 0 Å². The minimum Gasteiger partial charge on any atom is -0.356 e. The van der Waals surface area contributed by atoms with E-state index < -0.39 is 0 Å². The molecular weight excluding hydrogens is 258 g/mol. The van der Waals surface area contributed by atoms with Crippen LogP contribution in [0.4, 0.5) is 5.82 Å². The molecule has 102 valence electrons. The summed E-state index contributed by atoms with van der Waals surface area (Å²) in [6.07, 6.45) is 7.99. The van der Waals surface area contributed by atoms with Crippen LogP contribution in [-0.4, -0.2) is 23.1 Å². The first kappa shape index (κ1) is 12.0. The quantitative estimate of drug-likeness (QED) is 0.744. The van der Waals surface area contributed by atoms with E-state index in [4.69, 9.17) is 16.6 Å². The van der Waals surface area contributed by atoms with Gasteiger partial charge in [0.25, 0.3) is 0 Å². The first-order valence-electron chi connectivity index (χ1n) is 7.57. The topological polar surface area (TPSA) is 29.0 Å². The van der Waals surface area contributed by atoms with E-state index >= 15 is 0 Å². The lowest BCUT2D eigenvalue weighted by Crippen LogP contribution is -2.29. The Kier molecular flexibility index (Phi) is 2.91. The lowest BCUT2D eigenvalue weighted by molar-refractivity contribution is 0.667. The van der Waals surface area contributed by atoms with E-state index in [2.05, 4.69) is 9.88 Å². The maximum Gasteiger partial charge on any atom is 0.135 e. The summed E-state index contributed by atoms with van der Waals surface area (Å²) >= 11 is 6.19. The summed E-state index contributed by atoms with van der Waals surface area (Å²) in [4.78, 5) is 11.7. The second-order valence-corrected chi connectivity index (χ2v) is 6.86. The molecule has 0 aromatic carbocycles. The summed E-state index contributed by atoms with van der Waals surface area (Å²) in [6.45, 7) is 2.32. The summed E-state index contributed by atoms with van der Waals surface area (Å²) in [5.74, 6) is 4.38. The Morgan fingerprint density at radius 3 is 2.16 bits per heavy atom. The number of halogens is 1. The normalized spacial score (nSPS) is 22.6. The van der Waals surface area contributed by atoms with E-state index in [0.717, 1.165) is 36.6 Å². The van der Waals surface area contributed by atoms with Crippen LogP contribution in [0.3, 0.4) is 0 Å². The van der Waals surface area contributed by atoms with Gasteiger partial charge in [-0.15, -0.1) is 0 Å². The predicted molar refractivity (Wildman–Crippen MR) is 76.7 cm³/mol. The van der Waals surface area contributed by atoms with Crippen molar-refractivity contribution < 1.29 is 0 Å². The molecule has 4 heteroatoms. The van der Waals surface area contributed by atoms with Crippen molar-refractivity contribution in [2.75, 3.05) is 18.0 Å². The molecule has 3 aliphatic rings. The van der Waals surface area contributed by atoms with Gasteiger partial charge < -0.3 is 4.90 Å². The lowest BCUT2D eigenvalue weighted by Gasteiger charge is -2.24. The van der Waals surface area contributed by atoms with Gasteiger partial charge in [-0.25, -0.2) is 9.97 Å². The third kappa shape index (κ3) is 3.02. The average Bonchev–Trinajstić information content (AvgIpc) is 3.26. The highest BCUT2D eigenvalue weighted by atomic mass is 35.5. The molecule has 3 fully saturated rings. The molecule has 4 rings (SSSR count). The molecule has 0 spiro atoms. The van der Waals surface area contributed by atoms with Gasteiger partial charge in [-0.1, -0.05) is 11.6 Å². The molecule has 1 aromatic heterocycles. The van der Waals surface area contributed by atoms with Crippen molar-refractivity contribution in [3.05, 3.63) is 17.0 Å². The molecule has 0 amide bonds. The Labute approximate surface area is 119 Å². The van der Waals surface area contributed by atoms with Crippen LogP contribution < -0.4 is 4.90 Å². The number of aromatic nitrogens is 2. The Hall–Kier alpha value is -0.830. The largest absolute Gasteiger partial charge is 0.356 e. The standard InChI is InChI=1S/C15H20ClN3/c16-13-7-14(18-15(17-13)12-5-6-12)19(8-10-1-2-10)9-11-3-4-11/h7,10-12H,1-6,8-9H2. The molecule has 0 bridgehead atoms. The molecule has 0 N–H and O–H groups in total. The molecular formula is C15H20ClN3. The summed E-state index contributed by atoms with van der Waals surface area (Å²) in [6, 6.07) is 1.96. The van der Waals surface area contributed by atoms with E-state index in [9.17, 15) is 0 Å². The predicted octanol–water partition coefficient (Wildman–Crippen LogP) is 3.63. The highest BCUT2D eigenvalue weighted by Crippen LogP contribution is 2.40. The van der Waals surface area contributed by atoms with Crippen LogP contribution in [0.15, 0.2) is 6.07 Å². The molecule has 3 nitrogen and oxygen atoms in total. The van der Waals surface area contributed by atoms with Gasteiger partial charge in [0.05, 0.1) is 0 Å². The smallest absolute Gasteiger partial charge is 0.135 e. The van der Waals surface area contributed by atoms with Gasteiger partial charge in [-0.2, -0.15) is 0 Å². The van der Waals surface area contributed by atoms with Crippen LogP contribution in [0, 0.1) is 11.8 Å². The summed E-state index contributed by atoms with van der Waals surface area (Å²) in [7, 11) is 0. The monoisotopic (exact) mass is 277 g/mol. The van der Waals surface area contributed by atoms with Crippen LogP contribution in [0.25, 0.3) is 0 Å². The number of hydrogen-bond acceptors (Lipinski definition) is 3. The number of hydrogen-bond donors (Lipinski definition) is 0. The van der Waals surface area contributed by atoms with Crippen LogP contribution in [0.1, 0.15) is 50.3 Å². The van der Waals surface area contributed by atoms with E-state index in [-0.39, 0.29) is 0 Å². The SMILES string of the molecule is Clc1cc(N(CC2CC2)CC2CC2)nc(C2CC2)n1. The van der Waals surface area contributed by atoms with Crippen molar-refractivity contribution in [1.29, 1.82) is 0 Å². The van der Waals surface area contributed by atoms with Gasteiger partial charge >= 0.3 is 0 Å². The zero-order valence-corrected chi connectivity index (χ0v) is 11.9. The Balaban J connectivity index is 1.58. The molecule has 1 heterocycles. The van der Waals surface area contributed by atoms with E-state index in [1.54, 1.807) is 0 Å². The maximum atomic E-state index is 6.19. The Morgan fingerprint density at radius 1 is 1.00 bits per heavy atom. The van der Waals surface area contributed by atoms with Crippen molar-refractivity contribution in [3.63, 3.8) is 0 Å². The van der Waals surface area contributed by atoms with Gasteiger partial charge in [0, 0.05) is 25.1 Å². The minimum atomic E-state index is 0.571. The molecule has 3 saturated carbocycles. The van der Waals surface area contributed by atoms with Gasteiger partial charge in [0.15, 0.2) is 0 Å². The summed E-state index contributed by atoms with van der Waals surface area (Å²) in [5, 5.41) is 0.614. The zero-order chi connectivity index (χ0) is 12.8. The molecule has 3 aliphatic carbocycles. The van der Waals surface area contributed by atoms with Crippen LogP contribution in [0.5, 0.6) is 0 Å². The maximum absolute atomic E-state index is 6.19. The molecule has 0 atom stereocenters. The van der Waals surface area contributed by atoms with Gasteiger partial charge in [0.2, 0.25) is 0 Å². The minimum absolute atomic E-state index is 0.571. The average molecular weight is 278 g/mol. The van der Waals surface area contributed by atoms with E-state index in [0.29, 0.717) is 11.1 Å².